The van der Waals surface area contributed by atoms with Crippen molar-refractivity contribution in [1.82, 2.24) is 14.9 Å². The summed E-state index contributed by atoms with van der Waals surface area (Å²) in [5.41, 5.74) is -0.353. The number of nitrogens with one attached hydrogen (secondary N) is 2. The average molecular weight is 470 g/mol. The SMILES string of the molecule is CC(C)COc1cc([C@@H](C)NS(=O)(=O)CCC=CCN2C(=O)NC(=O)C2(C)C)ccc1F. The first-order valence-corrected chi connectivity index (χ1v) is 12.2. The van der Waals surface area contributed by atoms with E-state index >= 15 is 0 Å². The van der Waals surface area contributed by atoms with Gasteiger partial charge in [0.2, 0.25) is 10.0 Å². The molecule has 0 aliphatic carbocycles. The van der Waals surface area contributed by atoms with Gasteiger partial charge in [-0.05, 0) is 50.8 Å². The molecule has 3 amide bonds. The predicted molar refractivity (Wildman–Crippen MR) is 120 cm³/mol. The van der Waals surface area contributed by atoms with Crippen LogP contribution in [-0.4, -0.2) is 49.7 Å². The van der Waals surface area contributed by atoms with Gasteiger partial charge in [-0.2, -0.15) is 0 Å². The van der Waals surface area contributed by atoms with E-state index in [2.05, 4.69) is 10.0 Å². The van der Waals surface area contributed by atoms with E-state index in [1.54, 1.807) is 32.9 Å². The monoisotopic (exact) mass is 469 g/mol. The molecule has 1 fully saturated rings. The number of nitrogens with zero attached hydrogens (tertiary/aromatic N) is 1. The van der Waals surface area contributed by atoms with Gasteiger partial charge in [-0.3, -0.25) is 10.1 Å². The summed E-state index contributed by atoms with van der Waals surface area (Å²) in [5.74, 6) is -0.687. The molecule has 1 heterocycles. The fourth-order valence-electron chi connectivity index (χ4n) is 3.08. The summed E-state index contributed by atoms with van der Waals surface area (Å²) in [6.07, 6.45) is 3.56. The van der Waals surface area contributed by atoms with Gasteiger partial charge in [-0.25, -0.2) is 22.3 Å². The second-order valence-corrected chi connectivity index (χ2v) is 10.6. The highest BCUT2D eigenvalue weighted by atomic mass is 32.2. The number of amides is 3. The maximum atomic E-state index is 13.9. The van der Waals surface area contributed by atoms with Crippen molar-refractivity contribution in [3.63, 3.8) is 0 Å². The maximum Gasteiger partial charge on any atom is 0.325 e. The fourth-order valence-corrected chi connectivity index (χ4v) is 4.32. The number of imide groups is 1. The zero-order valence-electron chi connectivity index (χ0n) is 19.1. The van der Waals surface area contributed by atoms with E-state index in [4.69, 9.17) is 4.74 Å². The third-order valence-electron chi connectivity index (χ3n) is 5.09. The Labute approximate surface area is 189 Å². The first kappa shape index (κ1) is 25.8. The number of ether oxygens (including phenoxy) is 1. The molecule has 0 unspecified atom stereocenters. The number of benzene rings is 1. The number of sulfonamides is 1. The Balaban J connectivity index is 1.89. The molecule has 8 nitrogen and oxygen atoms in total. The first-order chi connectivity index (χ1) is 14.8. The van der Waals surface area contributed by atoms with Crippen LogP contribution in [-0.2, 0) is 14.8 Å². The molecule has 1 aliphatic rings. The zero-order chi connectivity index (χ0) is 24.1. The molecule has 0 aromatic heterocycles. The Kier molecular flexibility index (Phi) is 8.41. The second kappa shape index (κ2) is 10.4. The normalized spacial score (nSPS) is 17.3. The molecule has 0 bridgehead atoms. The van der Waals surface area contributed by atoms with Crippen LogP contribution in [0.5, 0.6) is 5.75 Å². The summed E-state index contributed by atoms with van der Waals surface area (Å²) in [4.78, 5) is 25.0. The van der Waals surface area contributed by atoms with E-state index < -0.39 is 33.5 Å². The van der Waals surface area contributed by atoms with Crippen LogP contribution in [0.25, 0.3) is 0 Å². The topological polar surface area (TPSA) is 105 Å². The van der Waals surface area contributed by atoms with Crippen molar-refractivity contribution < 1.29 is 27.1 Å². The lowest BCUT2D eigenvalue weighted by Crippen LogP contribution is -2.44. The Morgan fingerprint density at radius 3 is 2.50 bits per heavy atom. The van der Waals surface area contributed by atoms with Crippen LogP contribution in [0.1, 0.15) is 52.6 Å². The maximum absolute atomic E-state index is 13.9. The van der Waals surface area contributed by atoms with Crippen LogP contribution in [0.2, 0.25) is 0 Å². The minimum Gasteiger partial charge on any atom is -0.490 e. The summed E-state index contributed by atoms with van der Waals surface area (Å²) in [5, 5.41) is 2.26. The van der Waals surface area contributed by atoms with Gasteiger partial charge in [-0.15, -0.1) is 0 Å². The van der Waals surface area contributed by atoms with Crippen molar-refractivity contribution >= 4 is 22.0 Å². The smallest absolute Gasteiger partial charge is 0.325 e. The Morgan fingerprint density at radius 1 is 1.22 bits per heavy atom. The van der Waals surface area contributed by atoms with Gasteiger partial charge in [-0.1, -0.05) is 32.1 Å². The summed E-state index contributed by atoms with van der Waals surface area (Å²) < 4.78 is 46.9. The van der Waals surface area contributed by atoms with Gasteiger partial charge in [0.25, 0.3) is 5.91 Å². The quantitative estimate of drug-likeness (QED) is 0.383. The lowest BCUT2D eigenvalue weighted by molar-refractivity contribution is -0.124. The highest BCUT2D eigenvalue weighted by Crippen LogP contribution is 2.24. The van der Waals surface area contributed by atoms with Gasteiger partial charge in [0.15, 0.2) is 11.6 Å². The van der Waals surface area contributed by atoms with Gasteiger partial charge in [0.05, 0.1) is 12.4 Å². The minimum atomic E-state index is -3.60. The van der Waals surface area contributed by atoms with E-state index in [0.29, 0.717) is 12.2 Å². The number of allylic oxidation sites excluding steroid dienone is 1. The number of hydrogen-bond donors (Lipinski definition) is 2. The van der Waals surface area contributed by atoms with Gasteiger partial charge < -0.3 is 9.64 Å². The van der Waals surface area contributed by atoms with Crippen LogP contribution >= 0.6 is 0 Å². The number of carbonyl (C=O) groups excluding carboxylic acids is 2. The number of rotatable bonds is 11. The summed E-state index contributed by atoms with van der Waals surface area (Å²) >= 11 is 0. The van der Waals surface area contributed by atoms with Crippen molar-refractivity contribution in [3.05, 3.63) is 41.7 Å². The lowest BCUT2D eigenvalue weighted by atomic mass is 10.0. The summed E-state index contributed by atoms with van der Waals surface area (Å²) in [7, 11) is -3.60. The number of halogens is 1. The van der Waals surface area contributed by atoms with Gasteiger partial charge in [0, 0.05) is 12.6 Å². The van der Waals surface area contributed by atoms with Crippen molar-refractivity contribution in [3.8, 4) is 5.75 Å². The largest absolute Gasteiger partial charge is 0.490 e. The molecular formula is C22H32FN3O5S. The average Bonchev–Trinajstić information content (AvgIpc) is 2.87. The van der Waals surface area contributed by atoms with Gasteiger partial charge >= 0.3 is 6.03 Å². The molecule has 178 valence electrons. The summed E-state index contributed by atoms with van der Waals surface area (Å²) in [6, 6.07) is 3.26. The molecule has 0 radical (unpaired) electrons. The predicted octanol–water partition coefficient (Wildman–Crippen LogP) is 3.12. The molecule has 32 heavy (non-hydrogen) atoms. The van der Waals surface area contributed by atoms with Crippen LogP contribution < -0.4 is 14.8 Å². The van der Waals surface area contributed by atoms with Crippen molar-refractivity contribution in [2.45, 2.75) is 52.6 Å². The second-order valence-electron chi connectivity index (χ2n) is 8.74. The fraction of sp³-hybridized carbons (Fsp3) is 0.545. The Hall–Kier alpha value is -2.46. The van der Waals surface area contributed by atoms with E-state index in [0.717, 1.165) is 0 Å². The highest BCUT2D eigenvalue weighted by molar-refractivity contribution is 7.89. The molecule has 2 rings (SSSR count). The molecule has 1 saturated heterocycles. The molecule has 10 heteroatoms. The molecule has 2 N–H and O–H groups in total. The summed E-state index contributed by atoms with van der Waals surface area (Å²) in [6.45, 7) is 9.43. The lowest BCUT2D eigenvalue weighted by Gasteiger charge is -2.26. The highest BCUT2D eigenvalue weighted by Gasteiger charge is 2.44. The Bertz CT molecular complexity index is 976. The third-order valence-corrected chi connectivity index (χ3v) is 6.57. The molecule has 1 aliphatic heterocycles. The van der Waals surface area contributed by atoms with Crippen molar-refractivity contribution in [1.29, 1.82) is 0 Å². The van der Waals surface area contributed by atoms with E-state index in [1.807, 2.05) is 13.8 Å². The van der Waals surface area contributed by atoms with Crippen LogP contribution in [0.15, 0.2) is 30.4 Å². The third kappa shape index (κ3) is 6.77. The van der Waals surface area contributed by atoms with Crippen molar-refractivity contribution in [2.75, 3.05) is 18.9 Å². The number of carbonyl (C=O) groups is 2. The van der Waals surface area contributed by atoms with Crippen LogP contribution in [0.3, 0.4) is 0 Å². The Morgan fingerprint density at radius 2 is 1.91 bits per heavy atom. The van der Waals surface area contributed by atoms with E-state index in [1.165, 1.54) is 23.1 Å². The number of hydrogen-bond acceptors (Lipinski definition) is 5. The van der Waals surface area contributed by atoms with Crippen molar-refractivity contribution in [2.24, 2.45) is 5.92 Å². The van der Waals surface area contributed by atoms with E-state index in [-0.39, 0.29) is 36.3 Å². The number of urea groups is 1. The van der Waals surface area contributed by atoms with E-state index in [9.17, 15) is 22.4 Å². The van der Waals surface area contributed by atoms with Crippen LogP contribution in [0.4, 0.5) is 9.18 Å². The molecular weight excluding hydrogens is 437 g/mol. The molecule has 0 saturated carbocycles. The first-order valence-electron chi connectivity index (χ1n) is 10.5. The standard InChI is InChI=1S/C22H32FN3O5S/c1-15(2)14-31-19-13-17(9-10-18(19)23)16(3)25-32(29,30)12-8-6-7-11-26-21(28)24-20(27)22(26,4)5/h6-7,9-10,13,15-16,25H,8,11-12,14H2,1-5H3,(H,24,27,28)/t16-/m1/s1. The molecule has 1 aromatic carbocycles. The minimum absolute atomic E-state index is 0.0949. The van der Waals surface area contributed by atoms with Gasteiger partial charge in [0.1, 0.15) is 5.54 Å². The molecule has 1 aromatic rings. The zero-order valence-corrected chi connectivity index (χ0v) is 20.0. The molecule has 1 atom stereocenters. The van der Waals surface area contributed by atoms with Crippen LogP contribution in [0, 0.1) is 11.7 Å². The molecule has 0 spiro atoms.